The molecule has 0 atom stereocenters. The highest BCUT2D eigenvalue weighted by Crippen LogP contribution is 2.17. The maximum atomic E-state index is 13.4. The predicted molar refractivity (Wildman–Crippen MR) is 95.8 cm³/mol. The van der Waals surface area contributed by atoms with Crippen molar-refractivity contribution in [3.8, 4) is 0 Å². The van der Waals surface area contributed by atoms with Crippen LogP contribution in [0.15, 0.2) is 53.4 Å². The molecule has 0 aliphatic rings. The second-order valence-corrected chi connectivity index (χ2v) is 6.17. The quantitative estimate of drug-likeness (QED) is 0.449. The van der Waals surface area contributed by atoms with E-state index in [1.807, 2.05) is 31.2 Å². The van der Waals surface area contributed by atoms with Crippen molar-refractivity contribution in [2.24, 2.45) is 0 Å². The van der Waals surface area contributed by atoms with Gasteiger partial charge in [0.25, 0.3) is 0 Å². The molecule has 23 heavy (non-hydrogen) atoms. The normalized spacial score (nSPS) is 10.0. The van der Waals surface area contributed by atoms with Crippen molar-refractivity contribution in [2.45, 2.75) is 11.8 Å². The number of hydrazine groups is 1. The van der Waals surface area contributed by atoms with E-state index in [9.17, 15) is 9.18 Å². The van der Waals surface area contributed by atoms with Gasteiger partial charge in [-0.3, -0.25) is 15.6 Å². The summed E-state index contributed by atoms with van der Waals surface area (Å²) in [6.45, 7) is 2.01. The fourth-order valence-corrected chi connectivity index (χ4v) is 2.52. The van der Waals surface area contributed by atoms with Crippen molar-refractivity contribution in [1.29, 1.82) is 0 Å². The third-order valence-corrected chi connectivity index (χ3v) is 4.04. The van der Waals surface area contributed by atoms with Gasteiger partial charge in [0.1, 0.15) is 5.82 Å². The molecule has 120 valence electrons. The van der Waals surface area contributed by atoms with E-state index in [-0.39, 0.29) is 22.5 Å². The molecular weight excluding hydrogens is 333 g/mol. The highest BCUT2D eigenvalue weighted by atomic mass is 32.2. The molecular formula is C16H16FN3OS2. The lowest BCUT2D eigenvalue weighted by Gasteiger charge is -2.12. The summed E-state index contributed by atoms with van der Waals surface area (Å²) >= 11 is 6.42. The fourth-order valence-electron chi connectivity index (χ4n) is 1.66. The van der Waals surface area contributed by atoms with Gasteiger partial charge in [0.05, 0.1) is 11.4 Å². The molecule has 0 aromatic heterocycles. The Morgan fingerprint density at radius 2 is 1.83 bits per heavy atom. The SMILES string of the molecule is Cc1ccc(SCC(=O)NNC(=S)Nc2ccccc2F)cc1. The van der Waals surface area contributed by atoms with Crippen LogP contribution in [0.2, 0.25) is 0 Å². The molecule has 0 fully saturated rings. The number of benzene rings is 2. The van der Waals surface area contributed by atoms with E-state index in [2.05, 4.69) is 16.2 Å². The summed E-state index contributed by atoms with van der Waals surface area (Å²) in [7, 11) is 0. The van der Waals surface area contributed by atoms with Crippen LogP contribution in [0.25, 0.3) is 0 Å². The van der Waals surface area contributed by atoms with Gasteiger partial charge in [-0.05, 0) is 43.4 Å². The number of para-hydroxylation sites is 1. The van der Waals surface area contributed by atoms with Gasteiger partial charge in [0.15, 0.2) is 5.11 Å². The Kier molecular flexibility index (Phi) is 6.37. The average molecular weight is 349 g/mol. The number of thioether (sulfide) groups is 1. The van der Waals surface area contributed by atoms with E-state index in [0.29, 0.717) is 0 Å². The van der Waals surface area contributed by atoms with E-state index in [4.69, 9.17) is 12.2 Å². The molecule has 0 unspecified atom stereocenters. The second-order valence-electron chi connectivity index (χ2n) is 4.71. The van der Waals surface area contributed by atoms with E-state index in [0.717, 1.165) is 4.90 Å². The molecule has 0 bridgehead atoms. The van der Waals surface area contributed by atoms with E-state index in [1.165, 1.54) is 23.4 Å². The Labute approximate surface area is 143 Å². The number of carbonyl (C=O) groups excluding carboxylic acids is 1. The summed E-state index contributed by atoms with van der Waals surface area (Å²) in [4.78, 5) is 12.8. The van der Waals surface area contributed by atoms with Gasteiger partial charge in [-0.1, -0.05) is 29.8 Å². The number of anilines is 1. The zero-order valence-electron chi connectivity index (χ0n) is 12.4. The standard InChI is InChI=1S/C16H16FN3OS2/c1-11-6-8-12(9-7-11)23-10-15(21)19-20-16(22)18-14-5-3-2-4-13(14)17/h2-9H,10H2,1H3,(H,19,21)(H2,18,20,22). The van der Waals surface area contributed by atoms with Crippen LogP contribution in [0.1, 0.15) is 5.56 Å². The summed E-state index contributed by atoms with van der Waals surface area (Å²) in [6.07, 6.45) is 0. The van der Waals surface area contributed by atoms with Crippen molar-refractivity contribution in [3.63, 3.8) is 0 Å². The van der Waals surface area contributed by atoms with Crippen LogP contribution >= 0.6 is 24.0 Å². The van der Waals surface area contributed by atoms with Gasteiger partial charge in [-0.15, -0.1) is 11.8 Å². The summed E-state index contributed by atoms with van der Waals surface area (Å²) < 4.78 is 13.4. The number of rotatable bonds is 4. The summed E-state index contributed by atoms with van der Waals surface area (Å²) in [5, 5.41) is 2.78. The highest BCUT2D eigenvalue weighted by molar-refractivity contribution is 8.00. The van der Waals surface area contributed by atoms with Crippen molar-refractivity contribution in [1.82, 2.24) is 10.9 Å². The van der Waals surface area contributed by atoms with Crippen LogP contribution in [0.4, 0.5) is 10.1 Å². The fraction of sp³-hybridized carbons (Fsp3) is 0.125. The molecule has 0 aliphatic carbocycles. The maximum absolute atomic E-state index is 13.4. The van der Waals surface area contributed by atoms with Gasteiger partial charge in [0, 0.05) is 4.90 Å². The summed E-state index contributed by atoms with van der Waals surface area (Å²) in [5.41, 5.74) is 6.43. The van der Waals surface area contributed by atoms with Gasteiger partial charge in [-0.2, -0.15) is 0 Å². The van der Waals surface area contributed by atoms with Crippen molar-refractivity contribution < 1.29 is 9.18 Å². The number of thiocarbonyl (C=S) groups is 1. The number of halogens is 1. The molecule has 0 aliphatic heterocycles. The van der Waals surface area contributed by atoms with E-state index in [1.54, 1.807) is 18.2 Å². The lowest BCUT2D eigenvalue weighted by atomic mass is 10.2. The van der Waals surface area contributed by atoms with Crippen LogP contribution in [0, 0.1) is 12.7 Å². The molecule has 0 spiro atoms. The third kappa shape index (κ3) is 5.88. The Hall–Kier alpha value is -2.12. The highest BCUT2D eigenvalue weighted by Gasteiger charge is 2.05. The first-order valence-electron chi connectivity index (χ1n) is 6.84. The number of carbonyl (C=O) groups is 1. The monoisotopic (exact) mass is 349 g/mol. The Bertz CT molecular complexity index is 692. The molecule has 2 rings (SSSR count). The predicted octanol–water partition coefficient (Wildman–Crippen LogP) is 3.24. The molecule has 0 saturated heterocycles. The van der Waals surface area contributed by atoms with Gasteiger partial charge < -0.3 is 5.32 Å². The van der Waals surface area contributed by atoms with Crippen LogP contribution < -0.4 is 16.2 Å². The zero-order valence-corrected chi connectivity index (χ0v) is 14.1. The Morgan fingerprint density at radius 3 is 2.52 bits per heavy atom. The Balaban J connectivity index is 1.72. The lowest BCUT2D eigenvalue weighted by molar-refractivity contribution is -0.119. The van der Waals surface area contributed by atoms with Crippen molar-refractivity contribution >= 4 is 40.7 Å². The topological polar surface area (TPSA) is 53.2 Å². The summed E-state index contributed by atoms with van der Waals surface area (Å²) in [5.74, 6) is -0.399. The molecule has 7 heteroatoms. The first kappa shape index (κ1) is 17.2. The minimum atomic E-state index is -0.419. The molecule has 0 heterocycles. The van der Waals surface area contributed by atoms with Gasteiger partial charge >= 0.3 is 0 Å². The smallest absolute Gasteiger partial charge is 0.248 e. The van der Waals surface area contributed by atoms with E-state index >= 15 is 0 Å². The van der Waals surface area contributed by atoms with Crippen molar-refractivity contribution in [3.05, 3.63) is 59.9 Å². The third-order valence-electron chi connectivity index (χ3n) is 2.83. The minimum absolute atomic E-state index is 0.115. The van der Waals surface area contributed by atoms with Crippen LogP contribution in [-0.4, -0.2) is 16.8 Å². The second kappa shape index (κ2) is 8.50. The molecule has 1 amide bonds. The number of hydrogen-bond donors (Lipinski definition) is 3. The largest absolute Gasteiger partial charge is 0.329 e. The molecule has 2 aromatic carbocycles. The minimum Gasteiger partial charge on any atom is -0.329 e. The number of aryl methyl sites for hydroxylation is 1. The average Bonchev–Trinajstić information content (AvgIpc) is 2.54. The molecule has 3 N–H and O–H groups in total. The lowest BCUT2D eigenvalue weighted by Crippen LogP contribution is -2.44. The van der Waals surface area contributed by atoms with Crippen LogP contribution in [-0.2, 0) is 4.79 Å². The van der Waals surface area contributed by atoms with Gasteiger partial charge in [0.2, 0.25) is 5.91 Å². The molecule has 2 aromatic rings. The molecule has 0 saturated carbocycles. The first-order valence-corrected chi connectivity index (χ1v) is 8.24. The van der Waals surface area contributed by atoms with Crippen LogP contribution in [0.3, 0.4) is 0 Å². The maximum Gasteiger partial charge on any atom is 0.248 e. The van der Waals surface area contributed by atoms with Crippen molar-refractivity contribution in [2.75, 3.05) is 11.1 Å². The van der Waals surface area contributed by atoms with Crippen LogP contribution in [0.5, 0.6) is 0 Å². The number of hydrogen-bond acceptors (Lipinski definition) is 3. The first-order chi connectivity index (χ1) is 11.0. The number of nitrogens with one attached hydrogen (secondary N) is 3. The van der Waals surface area contributed by atoms with E-state index < -0.39 is 5.82 Å². The molecule has 4 nitrogen and oxygen atoms in total. The number of amides is 1. The summed E-state index contributed by atoms with van der Waals surface area (Å²) in [6, 6.07) is 14.1. The molecule has 0 radical (unpaired) electrons. The van der Waals surface area contributed by atoms with Gasteiger partial charge in [-0.25, -0.2) is 4.39 Å². The Morgan fingerprint density at radius 1 is 1.13 bits per heavy atom. The zero-order chi connectivity index (χ0) is 16.7.